The summed E-state index contributed by atoms with van der Waals surface area (Å²) >= 11 is 0. The number of hydrogen-bond acceptors (Lipinski definition) is 2. The lowest BCUT2D eigenvalue weighted by Crippen LogP contribution is -2.38. The summed E-state index contributed by atoms with van der Waals surface area (Å²) in [6.07, 6.45) is 5.88. The lowest BCUT2D eigenvalue weighted by Gasteiger charge is -2.34. The van der Waals surface area contributed by atoms with E-state index in [0.29, 0.717) is 24.7 Å². The van der Waals surface area contributed by atoms with Crippen LogP contribution in [0.15, 0.2) is 18.2 Å². The van der Waals surface area contributed by atoms with Gasteiger partial charge in [0.1, 0.15) is 11.6 Å². The monoisotopic (exact) mass is 269 g/mol. The zero-order chi connectivity index (χ0) is 13.7. The van der Waals surface area contributed by atoms with Gasteiger partial charge in [0.15, 0.2) is 0 Å². The van der Waals surface area contributed by atoms with Crippen LogP contribution in [0.4, 0.5) is 8.78 Å². The number of aliphatic hydroxyl groups is 1. The molecule has 1 N–H and O–H groups in total. The standard InChI is InChI=1S/C15H21F2NO/c16-13-8-12(9-14(17)10-13)11-18(6-7-19)15-4-2-1-3-5-15/h8-10,15,19H,1-7,11H2. The normalized spacial score (nSPS) is 17.1. The van der Waals surface area contributed by atoms with Gasteiger partial charge in [0.2, 0.25) is 0 Å². The Balaban J connectivity index is 2.06. The van der Waals surface area contributed by atoms with Crippen LogP contribution < -0.4 is 0 Å². The van der Waals surface area contributed by atoms with Crippen molar-refractivity contribution in [3.63, 3.8) is 0 Å². The molecule has 0 aliphatic heterocycles. The van der Waals surface area contributed by atoms with E-state index in [9.17, 15) is 8.78 Å². The molecule has 106 valence electrons. The van der Waals surface area contributed by atoms with Crippen molar-refractivity contribution in [2.24, 2.45) is 0 Å². The third kappa shape index (κ3) is 4.25. The summed E-state index contributed by atoms with van der Waals surface area (Å²) < 4.78 is 26.4. The van der Waals surface area contributed by atoms with Crippen LogP contribution >= 0.6 is 0 Å². The van der Waals surface area contributed by atoms with Gasteiger partial charge < -0.3 is 5.11 Å². The highest BCUT2D eigenvalue weighted by Gasteiger charge is 2.21. The van der Waals surface area contributed by atoms with E-state index in [-0.39, 0.29) is 6.61 Å². The van der Waals surface area contributed by atoms with Crippen LogP contribution in [0.1, 0.15) is 37.7 Å². The predicted octanol–water partition coefficient (Wildman–Crippen LogP) is 3.09. The summed E-state index contributed by atoms with van der Waals surface area (Å²) in [6, 6.07) is 4.06. The van der Waals surface area contributed by atoms with Crippen LogP contribution in [-0.2, 0) is 6.54 Å². The minimum absolute atomic E-state index is 0.0777. The van der Waals surface area contributed by atoms with Crippen LogP contribution in [0.25, 0.3) is 0 Å². The molecule has 19 heavy (non-hydrogen) atoms. The van der Waals surface area contributed by atoms with Crippen LogP contribution in [0, 0.1) is 11.6 Å². The molecule has 0 aromatic heterocycles. The van der Waals surface area contributed by atoms with Crippen molar-refractivity contribution >= 4 is 0 Å². The maximum absolute atomic E-state index is 13.2. The Kier molecular flexibility index (Phi) is 5.28. The van der Waals surface area contributed by atoms with Gasteiger partial charge in [0.25, 0.3) is 0 Å². The second kappa shape index (κ2) is 6.96. The van der Waals surface area contributed by atoms with E-state index >= 15 is 0 Å². The lowest BCUT2D eigenvalue weighted by atomic mass is 9.94. The van der Waals surface area contributed by atoms with Gasteiger partial charge in [-0.05, 0) is 30.5 Å². The van der Waals surface area contributed by atoms with Gasteiger partial charge in [0, 0.05) is 25.2 Å². The summed E-state index contributed by atoms with van der Waals surface area (Å²) in [4.78, 5) is 2.15. The average Bonchev–Trinajstić information content (AvgIpc) is 2.38. The zero-order valence-corrected chi connectivity index (χ0v) is 11.1. The highest BCUT2D eigenvalue weighted by molar-refractivity contribution is 5.18. The van der Waals surface area contributed by atoms with Crippen molar-refractivity contribution in [2.75, 3.05) is 13.2 Å². The molecule has 1 aliphatic carbocycles. The molecule has 0 bridgehead atoms. The predicted molar refractivity (Wildman–Crippen MR) is 70.7 cm³/mol. The van der Waals surface area contributed by atoms with Gasteiger partial charge >= 0.3 is 0 Å². The first-order chi connectivity index (χ1) is 9.19. The molecule has 1 aliphatic rings. The van der Waals surface area contributed by atoms with Crippen LogP contribution in [0.2, 0.25) is 0 Å². The highest BCUT2D eigenvalue weighted by Crippen LogP contribution is 2.24. The molecule has 0 unspecified atom stereocenters. The van der Waals surface area contributed by atoms with Crippen molar-refractivity contribution in [3.05, 3.63) is 35.4 Å². The molecule has 0 atom stereocenters. The molecule has 0 spiro atoms. The molecular weight excluding hydrogens is 248 g/mol. The molecule has 0 radical (unpaired) electrons. The fourth-order valence-electron chi connectivity index (χ4n) is 2.90. The van der Waals surface area contributed by atoms with E-state index in [1.54, 1.807) is 0 Å². The Morgan fingerprint density at radius 2 is 1.68 bits per heavy atom. The topological polar surface area (TPSA) is 23.5 Å². The number of nitrogens with zero attached hydrogens (tertiary/aromatic N) is 1. The fourth-order valence-corrected chi connectivity index (χ4v) is 2.90. The van der Waals surface area contributed by atoms with Gasteiger partial charge in [-0.1, -0.05) is 19.3 Å². The Morgan fingerprint density at radius 3 is 2.26 bits per heavy atom. The van der Waals surface area contributed by atoms with E-state index in [4.69, 9.17) is 5.11 Å². The van der Waals surface area contributed by atoms with E-state index in [2.05, 4.69) is 4.90 Å². The molecule has 4 heteroatoms. The molecular formula is C15H21F2NO. The fraction of sp³-hybridized carbons (Fsp3) is 0.600. The summed E-state index contributed by atoms with van der Waals surface area (Å²) in [5, 5.41) is 9.16. The molecule has 1 aromatic rings. The summed E-state index contributed by atoms with van der Waals surface area (Å²) in [5.74, 6) is -1.08. The summed E-state index contributed by atoms with van der Waals surface area (Å²) in [5.41, 5.74) is 0.636. The largest absolute Gasteiger partial charge is 0.395 e. The van der Waals surface area contributed by atoms with Gasteiger partial charge in [-0.3, -0.25) is 4.90 Å². The maximum atomic E-state index is 13.2. The van der Waals surface area contributed by atoms with Crippen molar-refractivity contribution in [1.82, 2.24) is 4.90 Å². The number of hydrogen-bond donors (Lipinski definition) is 1. The minimum atomic E-state index is -0.539. The van der Waals surface area contributed by atoms with Crippen molar-refractivity contribution in [2.45, 2.75) is 44.7 Å². The Labute approximate surface area is 113 Å². The van der Waals surface area contributed by atoms with Crippen molar-refractivity contribution < 1.29 is 13.9 Å². The molecule has 2 rings (SSSR count). The molecule has 0 saturated heterocycles. The van der Waals surface area contributed by atoms with E-state index < -0.39 is 11.6 Å². The van der Waals surface area contributed by atoms with Crippen LogP contribution in [-0.4, -0.2) is 29.2 Å². The first-order valence-corrected chi connectivity index (χ1v) is 6.99. The average molecular weight is 269 g/mol. The van der Waals surface area contributed by atoms with Gasteiger partial charge in [-0.25, -0.2) is 8.78 Å². The minimum Gasteiger partial charge on any atom is -0.395 e. The zero-order valence-electron chi connectivity index (χ0n) is 11.1. The van der Waals surface area contributed by atoms with E-state index in [1.807, 2.05) is 0 Å². The summed E-state index contributed by atoms with van der Waals surface area (Å²) in [7, 11) is 0. The molecule has 2 nitrogen and oxygen atoms in total. The number of aliphatic hydroxyl groups excluding tert-OH is 1. The smallest absolute Gasteiger partial charge is 0.126 e. The number of benzene rings is 1. The molecule has 1 saturated carbocycles. The Hall–Kier alpha value is -1.00. The van der Waals surface area contributed by atoms with Crippen LogP contribution in [0.3, 0.4) is 0 Å². The highest BCUT2D eigenvalue weighted by atomic mass is 19.1. The van der Waals surface area contributed by atoms with Crippen molar-refractivity contribution in [3.8, 4) is 0 Å². The second-order valence-corrected chi connectivity index (χ2v) is 5.26. The first kappa shape index (κ1) is 14.4. The lowest BCUT2D eigenvalue weighted by molar-refractivity contribution is 0.117. The molecule has 0 amide bonds. The Bertz CT molecular complexity index is 385. The van der Waals surface area contributed by atoms with Crippen molar-refractivity contribution in [1.29, 1.82) is 0 Å². The second-order valence-electron chi connectivity index (χ2n) is 5.26. The number of halogens is 2. The van der Waals surface area contributed by atoms with Gasteiger partial charge in [0.05, 0.1) is 6.61 Å². The molecule has 1 aromatic carbocycles. The molecule has 1 fully saturated rings. The van der Waals surface area contributed by atoms with Crippen LogP contribution in [0.5, 0.6) is 0 Å². The third-order valence-corrected chi connectivity index (χ3v) is 3.79. The Morgan fingerprint density at radius 1 is 1.05 bits per heavy atom. The maximum Gasteiger partial charge on any atom is 0.126 e. The van der Waals surface area contributed by atoms with E-state index in [1.165, 1.54) is 31.4 Å². The summed E-state index contributed by atoms with van der Waals surface area (Å²) in [6.45, 7) is 1.14. The SMILES string of the molecule is OCCN(Cc1cc(F)cc(F)c1)C1CCCCC1. The number of rotatable bonds is 5. The van der Waals surface area contributed by atoms with E-state index in [0.717, 1.165) is 18.9 Å². The van der Waals surface area contributed by atoms with Gasteiger partial charge in [-0.2, -0.15) is 0 Å². The van der Waals surface area contributed by atoms with Gasteiger partial charge in [-0.15, -0.1) is 0 Å². The first-order valence-electron chi connectivity index (χ1n) is 6.99. The third-order valence-electron chi connectivity index (χ3n) is 3.79. The quantitative estimate of drug-likeness (QED) is 0.888. The molecule has 0 heterocycles.